The van der Waals surface area contributed by atoms with Crippen LogP contribution in [0.5, 0.6) is 0 Å². The van der Waals surface area contributed by atoms with Gasteiger partial charge >= 0.3 is 0 Å². The molecule has 13 nitrogen and oxygen atoms in total. The summed E-state index contributed by atoms with van der Waals surface area (Å²) in [4.78, 5) is 82.9. The summed E-state index contributed by atoms with van der Waals surface area (Å²) in [5.41, 5.74) is -0.531. The highest BCUT2D eigenvalue weighted by Crippen LogP contribution is 2.35. The molecule has 1 aromatic heterocycles. The summed E-state index contributed by atoms with van der Waals surface area (Å²) in [6.07, 6.45) is 5.18. The Morgan fingerprint density at radius 3 is 2.13 bits per heavy atom. The predicted molar refractivity (Wildman–Crippen MR) is 260 cm³/mol. The van der Waals surface area contributed by atoms with Gasteiger partial charge in [-0.2, -0.15) is 0 Å². The topological polar surface area (TPSA) is 174 Å². The quantitative estimate of drug-likeness (QED) is 0.106. The lowest BCUT2D eigenvalue weighted by Gasteiger charge is -2.39. The van der Waals surface area contributed by atoms with E-state index in [1.54, 1.807) is 11.1 Å². The van der Waals surface area contributed by atoms with Crippen molar-refractivity contribution in [2.24, 2.45) is 27.7 Å². The Bertz CT molecular complexity index is 1840. The predicted octanol–water partition coefficient (Wildman–Crippen LogP) is 6.92. The summed E-state index contributed by atoms with van der Waals surface area (Å²) in [6.45, 7) is 23.7. The van der Waals surface area contributed by atoms with Gasteiger partial charge in [-0.05, 0) is 65.4 Å². The number of fused-ring (bicyclic) bond motifs is 1. The van der Waals surface area contributed by atoms with Crippen molar-refractivity contribution in [1.29, 1.82) is 0 Å². The molecule has 8 atom stereocenters. The fourth-order valence-corrected chi connectivity index (χ4v) is 11.3. The van der Waals surface area contributed by atoms with E-state index in [4.69, 9.17) is 4.99 Å². The zero-order valence-corrected chi connectivity index (χ0v) is 42.0. The zero-order chi connectivity index (χ0) is 46.6. The second kappa shape index (κ2) is 23.5. The second-order valence-corrected chi connectivity index (χ2v) is 23.4. The SMILES string of the molecule is CCCSC(C[C@@H](NC(=O)C(NC(=O)C(NC1=NCC(=O)N2CC[C@@H](C)[C@H]2C(=O)N[C@@H](C(C)C)C(=O)NC1C(C)(C)C)C(C)(C)C)[C@@H](C)c1ccccc1)c1nccs1)SCCC. The molecule has 0 saturated carbocycles. The van der Waals surface area contributed by atoms with E-state index in [1.807, 2.05) is 128 Å². The number of amidine groups is 1. The number of carbonyl (C=O) groups excluding carboxylic acids is 5. The number of carbonyl (C=O) groups is 5. The molecule has 2 aliphatic rings. The minimum absolute atomic E-state index is 0.104. The van der Waals surface area contributed by atoms with Gasteiger partial charge in [0, 0.05) is 24.0 Å². The molecule has 3 heterocycles. The van der Waals surface area contributed by atoms with Crippen molar-refractivity contribution in [3.05, 3.63) is 52.5 Å². The maximum atomic E-state index is 15.0. The number of hydrogen-bond acceptors (Lipinski definition) is 11. The van der Waals surface area contributed by atoms with E-state index < -0.39 is 52.9 Å². The van der Waals surface area contributed by atoms with Crippen molar-refractivity contribution in [2.45, 2.75) is 156 Å². The van der Waals surface area contributed by atoms with Gasteiger partial charge in [-0.15, -0.1) is 34.9 Å². The maximum Gasteiger partial charge on any atom is 0.244 e. The number of aliphatic imine (C=N–C) groups is 1. The number of hydrogen-bond donors (Lipinski definition) is 5. The van der Waals surface area contributed by atoms with Crippen molar-refractivity contribution >= 4 is 70.2 Å². The summed E-state index contributed by atoms with van der Waals surface area (Å²) in [7, 11) is 0. The van der Waals surface area contributed by atoms with Crippen molar-refractivity contribution in [1.82, 2.24) is 36.5 Å². The minimum atomic E-state index is -0.985. The smallest absolute Gasteiger partial charge is 0.244 e. The summed E-state index contributed by atoms with van der Waals surface area (Å²) in [5, 5.41) is 18.8. The van der Waals surface area contributed by atoms with Crippen LogP contribution in [0.15, 0.2) is 46.9 Å². The second-order valence-electron chi connectivity index (χ2n) is 19.5. The highest BCUT2D eigenvalue weighted by molar-refractivity contribution is 8.17. The molecule has 5 amide bonds. The zero-order valence-electron chi connectivity index (χ0n) is 39.6. The lowest BCUT2D eigenvalue weighted by Crippen LogP contribution is -2.65. The number of thiazole rings is 1. The highest BCUT2D eigenvalue weighted by Gasteiger charge is 2.44. The van der Waals surface area contributed by atoms with Gasteiger partial charge in [0.25, 0.3) is 0 Å². The van der Waals surface area contributed by atoms with Gasteiger partial charge in [-0.3, -0.25) is 29.0 Å². The van der Waals surface area contributed by atoms with Crippen LogP contribution in [0.25, 0.3) is 0 Å². The van der Waals surface area contributed by atoms with E-state index >= 15 is 4.79 Å². The van der Waals surface area contributed by atoms with Crippen LogP contribution in [0.3, 0.4) is 0 Å². The first-order chi connectivity index (χ1) is 29.7. The molecule has 0 radical (unpaired) electrons. The third kappa shape index (κ3) is 14.4. The van der Waals surface area contributed by atoms with Crippen LogP contribution in [0.1, 0.15) is 131 Å². The molecule has 3 unspecified atom stereocenters. The van der Waals surface area contributed by atoms with E-state index in [2.05, 4.69) is 45.4 Å². The third-order valence-electron chi connectivity index (χ3n) is 11.7. The molecule has 0 aliphatic carbocycles. The van der Waals surface area contributed by atoms with Gasteiger partial charge in [0.05, 0.1) is 16.7 Å². The monoisotopic (exact) mass is 926 g/mol. The standard InChI is InChI=1S/C47H74N8O5S3/c1-13-23-61-34(62-24-14-2)26-32(45-48-21-25-63-45)50-42(58)36(30(6)31-18-16-15-17-19-31)52-44(60)39(47(10,11)12)53-40-38(46(7,8)9)54-41(57)35(28(3)4)51-43(59)37-29(5)20-22-55(37)33(56)27-49-40/h15-19,21,25,28-30,32,34-39H,13-14,20,22-24,26-27H2,1-12H3,(H,49,53)(H,50,58)(H,51,59)(H,52,60)(H,54,57)/t29-,30+,32-,35+,36?,37+,38?,39?/m1/s1. The van der Waals surface area contributed by atoms with E-state index in [0.717, 1.165) is 34.9 Å². The van der Waals surface area contributed by atoms with E-state index in [9.17, 15) is 19.2 Å². The molecule has 2 aliphatic heterocycles. The maximum absolute atomic E-state index is 15.0. The molecule has 1 aromatic carbocycles. The average Bonchev–Trinajstić information content (AvgIpc) is 3.91. The fraction of sp³-hybridized carbons (Fsp3) is 0.681. The Labute approximate surface area is 389 Å². The molecular weight excluding hydrogens is 853 g/mol. The van der Waals surface area contributed by atoms with Crippen LogP contribution in [0.2, 0.25) is 0 Å². The number of benzene rings is 1. The van der Waals surface area contributed by atoms with Crippen molar-refractivity contribution in [2.75, 3.05) is 24.6 Å². The lowest BCUT2D eigenvalue weighted by atomic mass is 9.82. The number of thioether (sulfide) groups is 2. The molecule has 16 heteroatoms. The summed E-state index contributed by atoms with van der Waals surface area (Å²) in [5.74, 6) is -0.329. The average molecular weight is 927 g/mol. The van der Waals surface area contributed by atoms with Gasteiger partial charge < -0.3 is 31.5 Å². The van der Waals surface area contributed by atoms with Crippen molar-refractivity contribution in [3.63, 3.8) is 0 Å². The Kier molecular flexibility index (Phi) is 19.4. The first-order valence-electron chi connectivity index (χ1n) is 22.7. The molecular formula is C47H74N8O5S3. The largest absolute Gasteiger partial charge is 0.360 e. The number of nitrogens with one attached hydrogen (secondary N) is 5. The number of amides is 5. The van der Waals surface area contributed by atoms with Crippen LogP contribution < -0.4 is 26.6 Å². The third-order valence-corrected chi connectivity index (χ3v) is 15.8. The van der Waals surface area contributed by atoms with Gasteiger partial charge in [0.1, 0.15) is 41.6 Å². The van der Waals surface area contributed by atoms with Gasteiger partial charge in [0.15, 0.2) is 0 Å². The van der Waals surface area contributed by atoms with Crippen LogP contribution in [-0.4, -0.2) is 105 Å². The summed E-state index contributed by atoms with van der Waals surface area (Å²) >= 11 is 5.32. The number of rotatable bonds is 17. The van der Waals surface area contributed by atoms with E-state index in [1.165, 1.54) is 11.3 Å². The Morgan fingerprint density at radius 1 is 0.921 bits per heavy atom. The summed E-state index contributed by atoms with van der Waals surface area (Å²) < 4.78 is 0.245. The molecule has 5 N–H and O–H groups in total. The van der Waals surface area contributed by atoms with Crippen molar-refractivity contribution < 1.29 is 24.0 Å². The lowest BCUT2D eigenvalue weighted by molar-refractivity contribution is -0.140. The van der Waals surface area contributed by atoms with Gasteiger partial charge in [0.2, 0.25) is 29.5 Å². The molecule has 63 heavy (non-hydrogen) atoms. The van der Waals surface area contributed by atoms with E-state index in [0.29, 0.717) is 19.4 Å². The molecule has 2 aromatic rings. The van der Waals surface area contributed by atoms with Gasteiger partial charge in [-0.25, -0.2) is 4.98 Å². The normalized spacial score (nSPS) is 22.2. The Morgan fingerprint density at radius 2 is 1.57 bits per heavy atom. The minimum Gasteiger partial charge on any atom is -0.360 e. The highest BCUT2D eigenvalue weighted by atomic mass is 32.2. The summed E-state index contributed by atoms with van der Waals surface area (Å²) in [6, 6.07) is 4.94. The first-order valence-corrected chi connectivity index (χ1v) is 25.6. The number of aromatic nitrogens is 1. The van der Waals surface area contributed by atoms with E-state index in [-0.39, 0.29) is 58.5 Å². The van der Waals surface area contributed by atoms with Crippen LogP contribution in [0.4, 0.5) is 0 Å². The number of nitrogens with zero attached hydrogens (tertiary/aromatic N) is 3. The van der Waals surface area contributed by atoms with Crippen LogP contribution in [-0.2, 0) is 24.0 Å². The molecule has 0 spiro atoms. The molecule has 1 fully saturated rings. The molecule has 350 valence electrons. The Balaban J connectivity index is 1.75. The molecule has 1 saturated heterocycles. The molecule has 0 bridgehead atoms. The van der Waals surface area contributed by atoms with Crippen LogP contribution in [0, 0.1) is 22.7 Å². The van der Waals surface area contributed by atoms with Gasteiger partial charge in [-0.1, -0.05) is 113 Å². The van der Waals surface area contributed by atoms with Crippen LogP contribution >= 0.6 is 34.9 Å². The first kappa shape index (κ1) is 52.0. The van der Waals surface area contributed by atoms with Crippen molar-refractivity contribution in [3.8, 4) is 0 Å². The molecule has 4 rings (SSSR count). The Hall–Kier alpha value is -3.63. The fourth-order valence-electron chi connectivity index (χ4n) is 7.98.